The van der Waals surface area contributed by atoms with E-state index in [0.717, 1.165) is 22.0 Å². The average molecular weight is 450 g/mol. The Bertz CT molecular complexity index is 1390. The van der Waals surface area contributed by atoms with Gasteiger partial charge in [0.2, 0.25) is 5.91 Å². The molecule has 2 N–H and O–H groups in total. The number of rotatable bonds is 7. The number of para-hydroxylation sites is 1. The molecule has 168 valence electrons. The van der Waals surface area contributed by atoms with Crippen LogP contribution in [0.5, 0.6) is 0 Å². The van der Waals surface area contributed by atoms with Crippen LogP contribution >= 0.6 is 0 Å². The van der Waals surface area contributed by atoms with Crippen molar-refractivity contribution in [2.45, 2.75) is 6.42 Å². The monoisotopic (exact) mass is 449 g/mol. The van der Waals surface area contributed by atoms with Crippen molar-refractivity contribution in [1.82, 2.24) is 5.32 Å². The van der Waals surface area contributed by atoms with Crippen molar-refractivity contribution in [3.63, 3.8) is 0 Å². The molecule has 0 saturated carbocycles. The molecule has 0 fully saturated rings. The molecule has 0 unspecified atom stereocenters. The molecule has 1 heterocycles. The number of carbonyl (C=O) groups excluding carboxylic acids is 3. The molecule has 0 aliphatic carbocycles. The Kier molecular flexibility index (Phi) is 5.79. The fourth-order valence-corrected chi connectivity index (χ4v) is 4.32. The molecule has 6 heteroatoms. The van der Waals surface area contributed by atoms with E-state index in [-0.39, 0.29) is 24.3 Å². The predicted octanol–water partition coefficient (Wildman–Crippen LogP) is 4.41. The molecule has 6 nitrogen and oxygen atoms in total. The third kappa shape index (κ3) is 4.13. The predicted molar refractivity (Wildman–Crippen MR) is 133 cm³/mol. The lowest BCUT2D eigenvalue weighted by atomic mass is 10.1. The van der Waals surface area contributed by atoms with Gasteiger partial charge in [0, 0.05) is 17.5 Å². The summed E-state index contributed by atoms with van der Waals surface area (Å²) in [6.07, 6.45) is 0.713. The molecule has 1 aliphatic rings. The van der Waals surface area contributed by atoms with Crippen molar-refractivity contribution in [2.75, 3.05) is 23.3 Å². The van der Waals surface area contributed by atoms with E-state index in [1.165, 1.54) is 4.90 Å². The van der Waals surface area contributed by atoms with Crippen LogP contribution in [0.25, 0.3) is 10.8 Å². The molecule has 0 saturated heterocycles. The Morgan fingerprint density at radius 3 is 2.35 bits per heavy atom. The van der Waals surface area contributed by atoms with Crippen LogP contribution in [0, 0.1) is 0 Å². The Morgan fingerprint density at radius 1 is 0.794 bits per heavy atom. The maximum Gasteiger partial charge on any atom is 0.259 e. The van der Waals surface area contributed by atoms with Gasteiger partial charge in [0.25, 0.3) is 11.8 Å². The molecule has 3 amide bonds. The van der Waals surface area contributed by atoms with Crippen LogP contribution in [0.2, 0.25) is 0 Å². The van der Waals surface area contributed by atoms with E-state index in [4.69, 9.17) is 0 Å². The SMILES string of the molecule is O=C(CN1C(=O)c2cccc3cccc1c23)Nc1ccccc1C(=O)NCCc1ccccc1. The number of benzene rings is 4. The van der Waals surface area contributed by atoms with Gasteiger partial charge in [0.1, 0.15) is 6.54 Å². The van der Waals surface area contributed by atoms with Crippen LogP contribution in [0.15, 0.2) is 91.0 Å². The number of carbonyl (C=O) groups is 3. The Morgan fingerprint density at radius 2 is 1.53 bits per heavy atom. The highest BCUT2D eigenvalue weighted by Crippen LogP contribution is 2.37. The van der Waals surface area contributed by atoms with Gasteiger partial charge in [0.05, 0.1) is 16.9 Å². The highest BCUT2D eigenvalue weighted by atomic mass is 16.2. The summed E-state index contributed by atoms with van der Waals surface area (Å²) in [5.74, 6) is -0.835. The minimum Gasteiger partial charge on any atom is -0.352 e. The number of hydrogen-bond acceptors (Lipinski definition) is 3. The van der Waals surface area contributed by atoms with E-state index in [2.05, 4.69) is 10.6 Å². The highest BCUT2D eigenvalue weighted by molar-refractivity contribution is 6.26. The minimum atomic E-state index is -0.373. The average Bonchev–Trinajstić information content (AvgIpc) is 3.13. The van der Waals surface area contributed by atoms with Gasteiger partial charge >= 0.3 is 0 Å². The molecular formula is C28H23N3O3. The normalized spacial score (nSPS) is 12.1. The minimum absolute atomic E-state index is 0.142. The van der Waals surface area contributed by atoms with Crippen molar-refractivity contribution >= 4 is 39.9 Å². The molecule has 0 spiro atoms. The van der Waals surface area contributed by atoms with E-state index in [0.29, 0.717) is 29.8 Å². The number of nitrogens with one attached hydrogen (secondary N) is 2. The van der Waals surface area contributed by atoms with Crippen molar-refractivity contribution in [1.29, 1.82) is 0 Å². The molecule has 4 aromatic carbocycles. The Balaban J connectivity index is 1.27. The van der Waals surface area contributed by atoms with Crippen molar-refractivity contribution in [3.8, 4) is 0 Å². The van der Waals surface area contributed by atoms with Crippen LogP contribution in [0.1, 0.15) is 26.3 Å². The third-order valence-corrected chi connectivity index (χ3v) is 5.94. The summed E-state index contributed by atoms with van der Waals surface area (Å²) in [6.45, 7) is 0.340. The lowest BCUT2D eigenvalue weighted by Gasteiger charge is -2.18. The lowest BCUT2D eigenvalue weighted by molar-refractivity contribution is -0.114. The first-order valence-corrected chi connectivity index (χ1v) is 11.2. The van der Waals surface area contributed by atoms with Gasteiger partial charge in [-0.2, -0.15) is 0 Å². The molecule has 34 heavy (non-hydrogen) atoms. The maximum absolute atomic E-state index is 13.0. The van der Waals surface area contributed by atoms with E-state index in [1.807, 2.05) is 60.7 Å². The Labute approximate surface area is 197 Å². The van der Waals surface area contributed by atoms with Crippen LogP contribution < -0.4 is 15.5 Å². The van der Waals surface area contributed by atoms with Gasteiger partial charge in [0.15, 0.2) is 0 Å². The van der Waals surface area contributed by atoms with Gasteiger partial charge < -0.3 is 10.6 Å². The van der Waals surface area contributed by atoms with Gasteiger partial charge in [-0.15, -0.1) is 0 Å². The third-order valence-electron chi connectivity index (χ3n) is 5.94. The molecular weight excluding hydrogens is 426 g/mol. The summed E-state index contributed by atoms with van der Waals surface area (Å²) in [7, 11) is 0. The van der Waals surface area contributed by atoms with E-state index in [9.17, 15) is 14.4 Å². The topological polar surface area (TPSA) is 78.5 Å². The lowest BCUT2D eigenvalue weighted by Crippen LogP contribution is -2.36. The summed E-state index contributed by atoms with van der Waals surface area (Å²) in [4.78, 5) is 40.1. The summed E-state index contributed by atoms with van der Waals surface area (Å²) in [6, 6.07) is 28.0. The quantitative estimate of drug-likeness (QED) is 0.439. The first-order valence-electron chi connectivity index (χ1n) is 11.2. The first-order chi connectivity index (χ1) is 16.6. The van der Waals surface area contributed by atoms with Gasteiger partial charge in [-0.1, -0.05) is 66.7 Å². The zero-order valence-electron chi connectivity index (χ0n) is 18.5. The summed E-state index contributed by atoms with van der Waals surface area (Å²) >= 11 is 0. The van der Waals surface area contributed by atoms with Crippen molar-refractivity contribution in [2.24, 2.45) is 0 Å². The van der Waals surface area contributed by atoms with Crippen LogP contribution in [0.4, 0.5) is 11.4 Å². The van der Waals surface area contributed by atoms with Crippen LogP contribution in [-0.2, 0) is 11.2 Å². The van der Waals surface area contributed by atoms with Crippen LogP contribution in [-0.4, -0.2) is 30.8 Å². The fourth-order valence-electron chi connectivity index (χ4n) is 4.32. The molecule has 5 rings (SSSR count). The molecule has 0 bridgehead atoms. The van der Waals surface area contributed by atoms with Crippen LogP contribution in [0.3, 0.4) is 0 Å². The second-order valence-electron chi connectivity index (χ2n) is 8.16. The molecule has 4 aromatic rings. The summed E-state index contributed by atoms with van der Waals surface area (Å²) < 4.78 is 0. The van der Waals surface area contributed by atoms with E-state index < -0.39 is 0 Å². The van der Waals surface area contributed by atoms with E-state index >= 15 is 0 Å². The molecule has 0 radical (unpaired) electrons. The standard InChI is InChI=1S/C28H23N3O3/c32-25(18-31-24-15-7-11-20-10-6-13-22(26(20)24)28(31)34)30-23-14-5-4-12-21(23)27(33)29-17-16-19-8-2-1-3-9-19/h1-15H,16-18H2,(H,29,33)(H,30,32). The summed E-state index contributed by atoms with van der Waals surface area (Å²) in [5.41, 5.74) is 3.24. The van der Waals surface area contributed by atoms with E-state index in [1.54, 1.807) is 30.3 Å². The zero-order chi connectivity index (χ0) is 23.5. The summed E-state index contributed by atoms with van der Waals surface area (Å²) in [5, 5.41) is 7.55. The molecule has 1 aliphatic heterocycles. The molecule has 0 aromatic heterocycles. The zero-order valence-corrected chi connectivity index (χ0v) is 18.5. The number of amides is 3. The Hall–Kier alpha value is -4.45. The smallest absolute Gasteiger partial charge is 0.259 e. The van der Waals surface area contributed by atoms with Gasteiger partial charge in [-0.25, -0.2) is 0 Å². The second kappa shape index (κ2) is 9.19. The number of anilines is 2. The first kappa shape index (κ1) is 21.4. The number of hydrogen-bond donors (Lipinski definition) is 2. The second-order valence-corrected chi connectivity index (χ2v) is 8.16. The number of nitrogens with zero attached hydrogens (tertiary/aromatic N) is 1. The van der Waals surface area contributed by atoms with Gasteiger partial charge in [-0.3, -0.25) is 19.3 Å². The van der Waals surface area contributed by atoms with Gasteiger partial charge in [-0.05, 0) is 41.6 Å². The fraction of sp³-hybridized carbons (Fsp3) is 0.107. The largest absolute Gasteiger partial charge is 0.352 e. The van der Waals surface area contributed by atoms with Crippen molar-refractivity contribution < 1.29 is 14.4 Å². The maximum atomic E-state index is 13.0. The van der Waals surface area contributed by atoms with Crippen molar-refractivity contribution in [3.05, 3.63) is 108 Å². The molecule has 0 atom stereocenters. The highest BCUT2D eigenvalue weighted by Gasteiger charge is 2.31.